The highest BCUT2D eigenvalue weighted by Gasteiger charge is 2.22. The second kappa shape index (κ2) is 7.53. The number of rotatable bonds is 0. The lowest BCUT2D eigenvalue weighted by molar-refractivity contribution is 0.279. The summed E-state index contributed by atoms with van der Waals surface area (Å²) >= 11 is 0. The van der Waals surface area contributed by atoms with Crippen LogP contribution in [0.25, 0.3) is 0 Å². The van der Waals surface area contributed by atoms with Crippen molar-refractivity contribution in [2.24, 2.45) is 16.7 Å². The van der Waals surface area contributed by atoms with Crippen molar-refractivity contribution in [2.75, 3.05) is 0 Å². The molecule has 0 radical (unpaired) electrons. The first-order chi connectivity index (χ1) is 8.17. The van der Waals surface area contributed by atoms with Gasteiger partial charge in [-0.15, -0.1) is 18.3 Å². The Morgan fingerprint density at radius 2 is 1.56 bits per heavy atom. The molecule has 1 atom stereocenters. The average molecular weight is 246 g/mol. The highest BCUT2D eigenvalue weighted by molar-refractivity contribution is 5.07. The lowest BCUT2D eigenvalue weighted by Crippen LogP contribution is -2.19. The summed E-state index contributed by atoms with van der Waals surface area (Å²) in [6, 6.07) is 0. The molecule has 0 amide bonds. The number of hydrogen-bond donors (Lipinski definition) is 0. The summed E-state index contributed by atoms with van der Waals surface area (Å²) < 4.78 is 0. The third kappa shape index (κ3) is 9.18. The monoisotopic (exact) mass is 246 g/mol. The zero-order valence-corrected chi connectivity index (χ0v) is 13.2. The van der Waals surface area contributed by atoms with Gasteiger partial charge in [-0.3, -0.25) is 0 Å². The minimum absolute atomic E-state index is 0.0694. The Labute approximate surface area is 115 Å². The van der Waals surface area contributed by atoms with Gasteiger partial charge in [-0.25, -0.2) is 0 Å². The summed E-state index contributed by atoms with van der Waals surface area (Å²) in [5.74, 6) is 9.93. The van der Waals surface area contributed by atoms with Gasteiger partial charge in [-0.05, 0) is 39.0 Å². The summed E-state index contributed by atoms with van der Waals surface area (Å²) in [4.78, 5) is 0. The average Bonchev–Trinajstić information content (AvgIpc) is 2.14. The topological polar surface area (TPSA) is 0 Å². The van der Waals surface area contributed by atoms with Crippen LogP contribution in [0.2, 0.25) is 0 Å². The van der Waals surface area contributed by atoms with Crippen LogP contribution in [0, 0.1) is 40.9 Å². The van der Waals surface area contributed by atoms with Gasteiger partial charge in [0.05, 0.1) is 0 Å². The van der Waals surface area contributed by atoms with E-state index < -0.39 is 0 Å². The summed E-state index contributed by atoms with van der Waals surface area (Å²) in [5.41, 5.74) is 0.449. The lowest BCUT2D eigenvalue weighted by atomic mass is 9.77. The number of terminal acetylenes is 1. The van der Waals surface area contributed by atoms with Crippen LogP contribution in [0.5, 0.6) is 0 Å². The van der Waals surface area contributed by atoms with Gasteiger partial charge < -0.3 is 0 Å². The Bertz CT molecular complexity index is 316. The molecule has 1 aliphatic rings. The molecule has 0 aliphatic heterocycles. The van der Waals surface area contributed by atoms with Gasteiger partial charge in [-0.1, -0.05) is 39.5 Å². The van der Waals surface area contributed by atoms with Gasteiger partial charge in [-0.2, -0.15) is 0 Å². The van der Waals surface area contributed by atoms with E-state index in [0.29, 0.717) is 11.3 Å². The number of hydrogen-bond acceptors (Lipinski definition) is 0. The fourth-order valence-electron chi connectivity index (χ4n) is 1.66. The summed E-state index contributed by atoms with van der Waals surface area (Å²) in [5, 5.41) is 0. The fourth-order valence-corrected chi connectivity index (χ4v) is 1.66. The molecule has 0 N–H and O–H groups in total. The van der Waals surface area contributed by atoms with E-state index in [0.717, 1.165) is 6.42 Å². The van der Waals surface area contributed by atoms with Crippen molar-refractivity contribution in [1.82, 2.24) is 0 Å². The molecule has 102 valence electrons. The first kappa shape index (κ1) is 17.1. The zero-order chi connectivity index (χ0) is 14.2. The third-order valence-electron chi connectivity index (χ3n) is 3.05. The van der Waals surface area contributed by atoms with E-state index >= 15 is 0 Å². The molecule has 0 aromatic carbocycles. The molecule has 0 saturated carbocycles. The Morgan fingerprint density at radius 1 is 1.00 bits per heavy atom. The summed E-state index contributed by atoms with van der Waals surface area (Å²) in [6.45, 7) is 12.9. The maximum atomic E-state index is 5.06. The van der Waals surface area contributed by atoms with E-state index in [1.165, 1.54) is 25.7 Å². The molecule has 18 heavy (non-hydrogen) atoms. The van der Waals surface area contributed by atoms with Gasteiger partial charge in [0.2, 0.25) is 0 Å². The Hall–Kier alpha value is -0.880. The molecular formula is C18H30. The smallest absolute Gasteiger partial charge is 0.0251 e. The molecule has 1 unspecified atom stereocenters. The predicted octanol–water partition coefficient (Wildman–Crippen LogP) is 5.28. The molecule has 0 aromatic rings. The lowest BCUT2D eigenvalue weighted by Gasteiger charge is -2.27. The van der Waals surface area contributed by atoms with Crippen LogP contribution in [0.1, 0.15) is 73.6 Å². The summed E-state index contributed by atoms with van der Waals surface area (Å²) in [6.07, 6.45) is 11.5. The van der Waals surface area contributed by atoms with Crippen LogP contribution >= 0.6 is 0 Å². The van der Waals surface area contributed by atoms with Gasteiger partial charge >= 0.3 is 0 Å². The van der Waals surface area contributed by atoms with E-state index in [4.69, 9.17) is 6.42 Å². The van der Waals surface area contributed by atoms with Gasteiger partial charge in [0.25, 0.3) is 0 Å². The van der Waals surface area contributed by atoms with Crippen molar-refractivity contribution in [2.45, 2.75) is 73.6 Å². The highest BCUT2D eigenvalue weighted by atomic mass is 14.3. The molecule has 0 fully saturated rings. The van der Waals surface area contributed by atoms with E-state index in [-0.39, 0.29) is 5.41 Å². The van der Waals surface area contributed by atoms with Crippen molar-refractivity contribution >= 4 is 0 Å². The largest absolute Gasteiger partial charge is 0.120 e. The SMILES string of the molecule is C#CC(C)(C)C.CC(C)(C)C1C#CCCCCC1. The normalized spacial score (nSPS) is 20.2. The molecule has 0 saturated heterocycles. The molecule has 0 heterocycles. The van der Waals surface area contributed by atoms with Gasteiger partial charge in [0.1, 0.15) is 0 Å². The van der Waals surface area contributed by atoms with Crippen LogP contribution in [0.15, 0.2) is 0 Å². The first-order valence-electron chi connectivity index (χ1n) is 7.13. The van der Waals surface area contributed by atoms with Crippen LogP contribution in [0.3, 0.4) is 0 Å². The van der Waals surface area contributed by atoms with Crippen molar-refractivity contribution in [3.8, 4) is 24.2 Å². The zero-order valence-electron chi connectivity index (χ0n) is 13.2. The molecule has 0 spiro atoms. The Balaban J connectivity index is 0.000000411. The quantitative estimate of drug-likeness (QED) is 0.510. The van der Waals surface area contributed by atoms with Crippen molar-refractivity contribution in [3.05, 3.63) is 0 Å². The Kier molecular flexibility index (Phi) is 7.16. The molecule has 1 rings (SSSR count). The molecule has 0 aromatic heterocycles. The standard InChI is InChI=1S/C12H20.C6H10/c1-12(2,3)11-9-7-5-4-6-8-10-11;1-5-6(2,3)4/h11H,4-7,9H2,1-3H3;1H,2-4H3. The van der Waals surface area contributed by atoms with E-state index in [1.54, 1.807) is 0 Å². The minimum atomic E-state index is 0.0694. The van der Waals surface area contributed by atoms with E-state index in [1.807, 2.05) is 20.8 Å². The van der Waals surface area contributed by atoms with Crippen LogP contribution < -0.4 is 0 Å². The molecule has 1 aliphatic carbocycles. The first-order valence-corrected chi connectivity index (χ1v) is 7.13. The molecule has 0 bridgehead atoms. The van der Waals surface area contributed by atoms with Crippen molar-refractivity contribution < 1.29 is 0 Å². The van der Waals surface area contributed by atoms with Crippen molar-refractivity contribution in [3.63, 3.8) is 0 Å². The maximum absolute atomic E-state index is 5.06. The van der Waals surface area contributed by atoms with Gasteiger partial charge in [0.15, 0.2) is 0 Å². The summed E-state index contributed by atoms with van der Waals surface area (Å²) in [7, 11) is 0. The second-order valence-electron chi connectivity index (χ2n) is 7.23. The van der Waals surface area contributed by atoms with Crippen LogP contribution in [0.4, 0.5) is 0 Å². The molecule has 0 nitrogen and oxygen atoms in total. The molecular weight excluding hydrogens is 216 g/mol. The van der Waals surface area contributed by atoms with Crippen molar-refractivity contribution in [1.29, 1.82) is 0 Å². The maximum Gasteiger partial charge on any atom is 0.0251 e. The van der Waals surface area contributed by atoms with Crippen LogP contribution in [-0.4, -0.2) is 0 Å². The van der Waals surface area contributed by atoms with E-state index in [9.17, 15) is 0 Å². The van der Waals surface area contributed by atoms with Gasteiger partial charge in [0, 0.05) is 17.8 Å². The second-order valence-corrected chi connectivity index (χ2v) is 7.23. The Morgan fingerprint density at radius 3 is 2.00 bits per heavy atom. The fraction of sp³-hybridized carbons (Fsp3) is 0.778. The predicted molar refractivity (Wildman–Crippen MR) is 82.1 cm³/mol. The van der Waals surface area contributed by atoms with Crippen LogP contribution in [-0.2, 0) is 0 Å². The third-order valence-corrected chi connectivity index (χ3v) is 3.05. The van der Waals surface area contributed by atoms with E-state index in [2.05, 4.69) is 38.5 Å². The molecule has 0 heteroatoms. The minimum Gasteiger partial charge on any atom is -0.120 e. The highest BCUT2D eigenvalue weighted by Crippen LogP contribution is 2.30.